The Morgan fingerprint density at radius 1 is 1.55 bits per heavy atom. The molecule has 1 aliphatic carbocycles. The highest BCUT2D eigenvalue weighted by Crippen LogP contribution is 2.38. The Morgan fingerprint density at radius 3 is 2.82 bits per heavy atom. The van der Waals surface area contributed by atoms with E-state index in [9.17, 15) is 0 Å². The van der Waals surface area contributed by atoms with E-state index in [1.807, 2.05) is 0 Å². The van der Waals surface area contributed by atoms with Gasteiger partial charge in [0.25, 0.3) is 0 Å². The van der Waals surface area contributed by atoms with Crippen LogP contribution in [-0.4, -0.2) is 30.1 Å². The van der Waals surface area contributed by atoms with Gasteiger partial charge in [0, 0.05) is 30.9 Å². The Labute approximate surface area is 68.3 Å². The lowest BCUT2D eigenvalue weighted by atomic mass is 10.2. The average Bonchev–Trinajstić information content (AvgIpc) is 2.69. The van der Waals surface area contributed by atoms with Crippen molar-refractivity contribution in [3.05, 3.63) is 12.3 Å². The van der Waals surface area contributed by atoms with E-state index in [1.165, 1.54) is 25.1 Å². The number of rotatable bonds is 1. The Morgan fingerprint density at radius 2 is 2.27 bits per heavy atom. The standard InChI is InChI=1S/C9H16N2/c1-8(2)11-6-5-10-9(7-11)3-4-9/h10H,1,3-7H2,2H3. The normalized spacial score (nSPS) is 27.2. The highest BCUT2D eigenvalue weighted by molar-refractivity contribution is 5.09. The molecule has 1 saturated carbocycles. The summed E-state index contributed by atoms with van der Waals surface area (Å²) in [6.07, 6.45) is 2.72. The van der Waals surface area contributed by atoms with Gasteiger partial charge in [-0.05, 0) is 19.8 Å². The minimum atomic E-state index is 0.497. The summed E-state index contributed by atoms with van der Waals surface area (Å²) >= 11 is 0. The first-order valence-corrected chi connectivity index (χ1v) is 4.37. The molecule has 2 rings (SSSR count). The molecule has 0 amide bonds. The van der Waals surface area contributed by atoms with Crippen LogP contribution in [0, 0.1) is 0 Å². The molecule has 2 nitrogen and oxygen atoms in total. The van der Waals surface area contributed by atoms with Crippen LogP contribution < -0.4 is 5.32 Å². The molecule has 2 fully saturated rings. The van der Waals surface area contributed by atoms with E-state index in [1.54, 1.807) is 0 Å². The van der Waals surface area contributed by atoms with Crippen molar-refractivity contribution in [2.75, 3.05) is 19.6 Å². The van der Waals surface area contributed by atoms with Crippen LogP contribution in [0.15, 0.2) is 12.3 Å². The summed E-state index contributed by atoms with van der Waals surface area (Å²) in [7, 11) is 0. The average molecular weight is 152 g/mol. The SMILES string of the molecule is C=C(C)N1CCNC2(CC2)C1. The maximum absolute atomic E-state index is 3.97. The van der Waals surface area contributed by atoms with Crippen molar-refractivity contribution in [2.24, 2.45) is 0 Å². The number of nitrogens with one attached hydrogen (secondary N) is 1. The Kier molecular flexibility index (Phi) is 1.46. The topological polar surface area (TPSA) is 15.3 Å². The molecule has 0 radical (unpaired) electrons. The maximum Gasteiger partial charge on any atom is 0.0359 e. The van der Waals surface area contributed by atoms with Crippen LogP contribution in [0.25, 0.3) is 0 Å². The van der Waals surface area contributed by atoms with Gasteiger partial charge in [0.15, 0.2) is 0 Å². The van der Waals surface area contributed by atoms with Gasteiger partial charge in [-0.15, -0.1) is 0 Å². The number of allylic oxidation sites excluding steroid dienone is 1. The van der Waals surface area contributed by atoms with E-state index in [0.29, 0.717) is 5.54 Å². The lowest BCUT2D eigenvalue weighted by Crippen LogP contribution is -2.51. The van der Waals surface area contributed by atoms with E-state index in [-0.39, 0.29) is 0 Å². The summed E-state index contributed by atoms with van der Waals surface area (Å²) in [5.41, 5.74) is 1.72. The third kappa shape index (κ3) is 1.27. The van der Waals surface area contributed by atoms with Gasteiger partial charge in [0.1, 0.15) is 0 Å². The highest BCUT2D eigenvalue weighted by atomic mass is 15.2. The quantitative estimate of drug-likeness (QED) is 0.602. The molecule has 0 aromatic rings. The third-order valence-electron chi connectivity index (χ3n) is 2.77. The summed E-state index contributed by atoms with van der Waals surface area (Å²) in [6, 6.07) is 0. The molecule has 2 heteroatoms. The third-order valence-corrected chi connectivity index (χ3v) is 2.77. The van der Waals surface area contributed by atoms with Crippen LogP contribution >= 0.6 is 0 Å². The molecule has 2 aliphatic rings. The number of hydrogen-bond donors (Lipinski definition) is 1. The molecule has 1 heterocycles. The van der Waals surface area contributed by atoms with Crippen LogP contribution in [0.5, 0.6) is 0 Å². The van der Waals surface area contributed by atoms with E-state index >= 15 is 0 Å². The summed E-state index contributed by atoms with van der Waals surface area (Å²) in [5, 5.41) is 3.57. The van der Waals surface area contributed by atoms with Crippen molar-refractivity contribution in [1.29, 1.82) is 0 Å². The summed E-state index contributed by atoms with van der Waals surface area (Å²) < 4.78 is 0. The molecule has 0 atom stereocenters. The van der Waals surface area contributed by atoms with Crippen molar-refractivity contribution in [3.8, 4) is 0 Å². The van der Waals surface area contributed by atoms with Crippen molar-refractivity contribution >= 4 is 0 Å². The Hall–Kier alpha value is -0.500. The molecule has 1 spiro atoms. The van der Waals surface area contributed by atoms with Gasteiger partial charge in [0.05, 0.1) is 0 Å². The van der Waals surface area contributed by atoms with E-state index in [2.05, 4.69) is 23.7 Å². The predicted molar refractivity (Wildman–Crippen MR) is 46.4 cm³/mol. The molecular formula is C9H16N2. The zero-order chi connectivity index (χ0) is 7.90. The first-order chi connectivity index (χ1) is 5.22. The van der Waals surface area contributed by atoms with Crippen molar-refractivity contribution < 1.29 is 0 Å². The van der Waals surface area contributed by atoms with Crippen molar-refractivity contribution in [2.45, 2.75) is 25.3 Å². The fourth-order valence-corrected chi connectivity index (χ4v) is 1.77. The fourth-order valence-electron chi connectivity index (χ4n) is 1.77. The summed E-state index contributed by atoms with van der Waals surface area (Å²) in [6.45, 7) is 9.52. The van der Waals surface area contributed by atoms with Gasteiger partial charge in [-0.3, -0.25) is 0 Å². The zero-order valence-electron chi connectivity index (χ0n) is 7.19. The summed E-state index contributed by atoms with van der Waals surface area (Å²) in [5.74, 6) is 0. The van der Waals surface area contributed by atoms with Crippen molar-refractivity contribution in [1.82, 2.24) is 10.2 Å². The van der Waals surface area contributed by atoms with Crippen LogP contribution in [0.4, 0.5) is 0 Å². The Balaban J connectivity index is 1.98. The van der Waals surface area contributed by atoms with Gasteiger partial charge in [-0.25, -0.2) is 0 Å². The maximum atomic E-state index is 3.97. The Bertz CT molecular complexity index is 182. The van der Waals surface area contributed by atoms with E-state index in [4.69, 9.17) is 0 Å². The van der Waals surface area contributed by atoms with Crippen LogP contribution in [0.2, 0.25) is 0 Å². The van der Waals surface area contributed by atoms with Crippen LogP contribution in [0.1, 0.15) is 19.8 Å². The number of hydrogen-bond acceptors (Lipinski definition) is 2. The molecule has 0 unspecified atom stereocenters. The minimum absolute atomic E-state index is 0.497. The monoisotopic (exact) mass is 152 g/mol. The largest absolute Gasteiger partial charge is 0.372 e. The van der Waals surface area contributed by atoms with Crippen molar-refractivity contribution in [3.63, 3.8) is 0 Å². The second-order valence-corrected chi connectivity index (χ2v) is 3.86. The molecule has 0 aromatic carbocycles. The second kappa shape index (κ2) is 2.24. The molecule has 1 N–H and O–H groups in total. The minimum Gasteiger partial charge on any atom is -0.372 e. The molecule has 1 saturated heterocycles. The van der Waals surface area contributed by atoms with Gasteiger partial charge in [-0.1, -0.05) is 6.58 Å². The number of nitrogens with zero attached hydrogens (tertiary/aromatic N) is 1. The molecule has 11 heavy (non-hydrogen) atoms. The molecular weight excluding hydrogens is 136 g/mol. The van der Waals surface area contributed by atoms with E-state index < -0.39 is 0 Å². The highest BCUT2D eigenvalue weighted by Gasteiger charge is 2.45. The predicted octanol–water partition coefficient (Wildman–Crippen LogP) is 0.958. The molecule has 1 aliphatic heterocycles. The van der Waals surface area contributed by atoms with Gasteiger partial charge in [0.2, 0.25) is 0 Å². The van der Waals surface area contributed by atoms with Gasteiger partial charge < -0.3 is 10.2 Å². The second-order valence-electron chi connectivity index (χ2n) is 3.86. The zero-order valence-corrected chi connectivity index (χ0v) is 7.19. The first-order valence-electron chi connectivity index (χ1n) is 4.37. The molecule has 0 aromatic heterocycles. The van der Waals surface area contributed by atoms with E-state index in [0.717, 1.165) is 13.1 Å². The van der Waals surface area contributed by atoms with Crippen LogP contribution in [0.3, 0.4) is 0 Å². The molecule has 62 valence electrons. The van der Waals surface area contributed by atoms with Gasteiger partial charge in [-0.2, -0.15) is 0 Å². The fraction of sp³-hybridized carbons (Fsp3) is 0.778. The first kappa shape index (κ1) is 7.17. The number of piperazine rings is 1. The molecule has 0 bridgehead atoms. The lowest BCUT2D eigenvalue weighted by Gasteiger charge is -2.35. The van der Waals surface area contributed by atoms with Crippen LogP contribution in [-0.2, 0) is 0 Å². The van der Waals surface area contributed by atoms with Gasteiger partial charge >= 0.3 is 0 Å². The lowest BCUT2D eigenvalue weighted by molar-refractivity contribution is 0.235. The summed E-state index contributed by atoms with van der Waals surface area (Å²) in [4.78, 5) is 2.39. The smallest absolute Gasteiger partial charge is 0.0359 e.